The van der Waals surface area contributed by atoms with E-state index in [1.54, 1.807) is 24.3 Å². The number of para-hydroxylation sites is 2. The molecule has 1 aromatic carbocycles. The summed E-state index contributed by atoms with van der Waals surface area (Å²) in [5.74, 6) is 0.515. The summed E-state index contributed by atoms with van der Waals surface area (Å²) in [6.07, 6.45) is 3.36. The van der Waals surface area contributed by atoms with E-state index in [0.29, 0.717) is 24.6 Å². The minimum atomic E-state index is -0.119. The molecule has 0 unspecified atom stereocenters. The van der Waals surface area contributed by atoms with Gasteiger partial charge in [-0.25, -0.2) is 0 Å². The second kappa shape index (κ2) is 8.08. The van der Waals surface area contributed by atoms with Gasteiger partial charge in [0.1, 0.15) is 12.4 Å². The molecule has 0 spiro atoms. The van der Waals surface area contributed by atoms with Gasteiger partial charge in [-0.1, -0.05) is 30.9 Å². The van der Waals surface area contributed by atoms with Crippen LogP contribution in [0, 0.1) is 0 Å². The first-order chi connectivity index (χ1) is 8.77. The smallest absolute Gasteiger partial charge is 0.238 e. The molecule has 0 radical (unpaired) electrons. The van der Waals surface area contributed by atoms with Crippen molar-refractivity contribution in [3.05, 3.63) is 49.6 Å². The molecule has 18 heavy (non-hydrogen) atoms. The SMILES string of the molecule is C=CCNCC(=O)Nc1ccccc1OCC=C. The van der Waals surface area contributed by atoms with Crippen LogP contribution in [0.5, 0.6) is 5.75 Å². The Hall–Kier alpha value is -2.07. The molecule has 0 aliphatic heterocycles. The van der Waals surface area contributed by atoms with Crippen molar-refractivity contribution < 1.29 is 9.53 Å². The molecule has 0 aromatic heterocycles. The van der Waals surface area contributed by atoms with E-state index < -0.39 is 0 Å². The van der Waals surface area contributed by atoms with Gasteiger partial charge in [-0.3, -0.25) is 4.79 Å². The number of nitrogens with one attached hydrogen (secondary N) is 2. The van der Waals surface area contributed by atoms with Crippen molar-refractivity contribution in [1.29, 1.82) is 0 Å². The molecule has 1 rings (SSSR count). The molecule has 0 aliphatic rings. The van der Waals surface area contributed by atoms with Gasteiger partial charge in [0.15, 0.2) is 0 Å². The molecule has 1 aromatic rings. The van der Waals surface area contributed by atoms with E-state index in [0.717, 1.165) is 0 Å². The Labute approximate surface area is 107 Å². The molecule has 1 amide bonds. The number of amides is 1. The van der Waals surface area contributed by atoms with Gasteiger partial charge in [-0.2, -0.15) is 0 Å². The molecular formula is C14H18N2O2. The standard InChI is InChI=1S/C14H18N2O2/c1-3-9-15-11-14(17)16-12-7-5-6-8-13(12)18-10-4-2/h3-8,15H,1-2,9-11H2,(H,16,17). The highest BCUT2D eigenvalue weighted by Gasteiger charge is 2.06. The summed E-state index contributed by atoms with van der Waals surface area (Å²) in [6, 6.07) is 7.29. The highest BCUT2D eigenvalue weighted by atomic mass is 16.5. The molecule has 0 atom stereocenters. The topological polar surface area (TPSA) is 50.4 Å². The van der Waals surface area contributed by atoms with Gasteiger partial charge in [0.05, 0.1) is 12.2 Å². The van der Waals surface area contributed by atoms with Crippen LogP contribution in [0.2, 0.25) is 0 Å². The van der Waals surface area contributed by atoms with E-state index in [1.165, 1.54) is 0 Å². The van der Waals surface area contributed by atoms with Gasteiger partial charge in [0.25, 0.3) is 0 Å². The monoisotopic (exact) mass is 246 g/mol. The van der Waals surface area contributed by atoms with E-state index in [4.69, 9.17) is 4.74 Å². The molecular weight excluding hydrogens is 228 g/mol. The number of rotatable bonds is 8. The maximum absolute atomic E-state index is 11.6. The molecule has 0 heterocycles. The quantitative estimate of drug-likeness (QED) is 0.544. The third kappa shape index (κ3) is 4.84. The third-order valence-electron chi connectivity index (χ3n) is 2.09. The van der Waals surface area contributed by atoms with Crippen molar-refractivity contribution in [2.24, 2.45) is 0 Å². The summed E-state index contributed by atoms with van der Waals surface area (Å²) < 4.78 is 5.44. The number of ether oxygens (including phenoxy) is 1. The number of carbonyl (C=O) groups is 1. The third-order valence-corrected chi connectivity index (χ3v) is 2.09. The first-order valence-corrected chi connectivity index (χ1v) is 5.72. The van der Waals surface area contributed by atoms with Crippen LogP contribution in [0.1, 0.15) is 0 Å². The van der Waals surface area contributed by atoms with E-state index in [2.05, 4.69) is 23.8 Å². The van der Waals surface area contributed by atoms with Crippen LogP contribution in [-0.4, -0.2) is 25.6 Å². The van der Waals surface area contributed by atoms with Gasteiger partial charge in [-0.15, -0.1) is 6.58 Å². The lowest BCUT2D eigenvalue weighted by molar-refractivity contribution is -0.115. The van der Waals surface area contributed by atoms with Gasteiger partial charge < -0.3 is 15.4 Å². The molecule has 0 bridgehead atoms. The van der Waals surface area contributed by atoms with Gasteiger partial charge in [-0.05, 0) is 12.1 Å². The van der Waals surface area contributed by atoms with Crippen molar-refractivity contribution in [3.63, 3.8) is 0 Å². The lowest BCUT2D eigenvalue weighted by Crippen LogP contribution is -2.28. The molecule has 0 saturated heterocycles. The highest BCUT2D eigenvalue weighted by Crippen LogP contribution is 2.23. The maximum atomic E-state index is 11.6. The zero-order valence-electron chi connectivity index (χ0n) is 10.3. The lowest BCUT2D eigenvalue weighted by atomic mass is 10.3. The normalized spacial score (nSPS) is 9.56. The zero-order valence-corrected chi connectivity index (χ0v) is 10.3. The number of benzene rings is 1. The van der Waals surface area contributed by atoms with E-state index in [9.17, 15) is 4.79 Å². The molecule has 4 nitrogen and oxygen atoms in total. The van der Waals surface area contributed by atoms with Gasteiger partial charge in [0, 0.05) is 6.54 Å². The van der Waals surface area contributed by atoms with Crippen molar-refractivity contribution >= 4 is 11.6 Å². The first kappa shape index (κ1) is 14.0. The minimum absolute atomic E-state index is 0.119. The summed E-state index contributed by atoms with van der Waals surface area (Å²) in [6.45, 7) is 8.39. The van der Waals surface area contributed by atoms with Crippen LogP contribution >= 0.6 is 0 Å². The molecule has 4 heteroatoms. The van der Waals surface area contributed by atoms with Crippen LogP contribution in [0.3, 0.4) is 0 Å². The Morgan fingerprint density at radius 3 is 2.78 bits per heavy atom. The van der Waals surface area contributed by atoms with E-state index in [1.807, 2.05) is 12.1 Å². The first-order valence-electron chi connectivity index (χ1n) is 5.72. The fourth-order valence-electron chi connectivity index (χ4n) is 1.33. The average molecular weight is 246 g/mol. The van der Waals surface area contributed by atoms with Crippen LogP contribution in [-0.2, 0) is 4.79 Å². The number of hydrogen-bond acceptors (Lipinski definition) is 3. The van der Waals surface area contributed by atoms with Gasteiger partial charge in [0.2, 0.25) is 5.91 Å². The number of carbonyl (C=O) groups excluding carboxylic acids is 1. The Morgan fingerprint density at radius 1 is 1.28 bits per heavy atom. The molecule has 0 aliphatic carbocycles. The molecule has 96 valence electrons. The Balaban J connectivity index is 2.56. The second-order valence-electron chi connectivity index (χ2n) is 3.56. The van der Waals surface area contributed by atoms with Crippen LogP contribution < -0.4 is 15.4 Å². The van der Waals surface area contributed by atoms with Crippen LogP contribution in [0.4, 0.5) is 5.69 Å². The van der Waals surface area contributed by atoms with Gasteiger partial charge >= 0.3 is 0 Å². The molecule has 0 saturated carbocycles. The summed E-state index contributed by atoms with van der Waals surface area (Å²) >= 11 is 0. The Morgan fingerprint density at radius 2 is 2.06 bits per heavy atom. The van der Waals surface area contributed by atoms with Crippen molar-refractivity contribution in [3.8, 4) is 5.75 Å². The Kier molecular flexibility index (Phi) is 6.28. The number of anilines is 1. The van der Waals surface area contributed by atoms with Crippen LogP contribution in [0.25, 0.3) is 0 Å². The fourth-order valence-corrected chi connectivity index (χ4v) is 1.33. The highest BCUT2D eigenvalue weighted by molar-refractivity contribution is 5.93. The van der Waals surface area contributed by atoms with E-state index >= 15 is 0 Å². The van der Waals surface area contributed by atoms with Crippen LogP contribution in [0.15, 0.2) is 49.6 Å². The summed E-state index contributed by atoms with van der Waals surface area (Å²) in [7, 11) is 0. The van der Waals surface area contributed by atoms with Crippen molar-refractivity contribution in [2.45, 2.75) is 0 Å². The number of hydrogen-bond donors (Lipinski definition) is 2. The largest absolute Gasteiger partial charge is 0.487 e. The average Bonchev–Trinajstić information content (AvgIpc) is 2.38. The predicted molar refractivity (Wildman–Crippen MR) is 73.8 cm³/mol. The molecule has 2 N–H and O–H groups in total. The van der Waals surface area contributed by atoms with Crippen molar-refractivity contribution in [1.82, 2.24) is 5.32 Å². The second-order valence-corrected chi connectivity index (χ2v) is 3.56. The summed E-state index contributed by atoms with van der Waals surface area (Å²) in [5, 5.41) is 5.71. The Bertz CT molecular complexity index is 416. The lowest BCUT2D eigenvalue weighted by Gasteiger charge is -2.11. The molecule has 0 fully saturated rings. The summed E-state index contributed by atoms with van der Waals surface area (Å²) in [5.41, 5.74) is 0.657. The maximum Gasteiger partial charge on any atom is 0.238 e. The predicted octanol–water partition coefficient (Wildman–Crippen LogP) is 1.97. The summed E-state index contributed by atoms with van der Waals surface area (Å²) in [4.78, 5) is 11.6. The zero-order chi connectivity index (χ0) is 13.2. The fraction of sp³-hybridized carbons (Fsp3) is 0.214. The minimum Gasteiger partial charge on any atom is -0.487 e. The van der Waals surface area contributed by atoms with E-state index in [-0.39, 0.29) is 12.5 Å². The van der Waals surface area contributed by atoms with Crippen molar-refractivity contribution in [2.75, 3.05) is 25.0 Å².